The zero-order chi connectivity index (χ0) is 14.7. The number of aryl methyl sites for hydroxylation is 1. The van der Waals surface area contributed by atoms with Crippen LogP contribution < -0.4 is 15.6 Å². The lowest BCUT2D eigenvalue weighted by Gasteiger charge is -2.06. The number of aromatic nitrogens is 2. The first-order valence-corrected chi connectivity index (χ1v) is 7.17. The SMILES string of the molecule is C[n+]1[nH]oc(=O)c1SCC(=O)Nc1cccc(Cl)c1Cl. The molecule has 0 bridgehead atoms. The predicted octanol–water partition coefficient (Wildman–Crippen LogP) is 1.83. The number of nitrogens with zero attached hydrogens (tertiary/aromatic N) is 1. The predicted molar refractivity (Wildman–Crippen MR) is 76.3 cm³/mol. The van der Waals surface area contributed by atoms with E-state index in [1.165, 1.54) is 4.68 Å². The Balaban J connectivity index is 2.00. The molecule has 0 aliphatic rings. The molecule has 0 saturated heterocycles. The maximum Gasteiger partial charge on any atom is 0.441 e. The van der Waals surface area contributed by atoms with Gasteiger partial charge in [-0.3, -0.25) is 9.32 Å². The molecular weight excluding hydrogens is 325 g/mol. The molecule has 20 heavy (non-hydrogen) atoms. The molecule has 6 nitrogen and oxygen atoms in total. The second kappa shape index (κ2) is 6.34. The molecule has 1 heterocycles. The summed E-state index contributed by atoms with van der Waals surface area (Å²) in [4.78, 5) is 23.1. The summed E-state index contributed by atoms with van der Waals surface area (Å²) in [6.45, 7) is 0. The highest BCUT2D eigenvalue weighted by molar-refractivity contribution is 7.99. The Hall–Kier alpha value is -1.44. The van der Waals surface area contributed by atoms with Gasteiger partial charge in [0.25, 0.3) is 0 Å². The molecule has 0 atom stereocenters. The van der Waals surface area contributed by atoms with Gasteiger partial charge >= 0.3 is 10.7 Å². The Labute approximate surface area is 128 Å². The summed E-state index contributed by atoms with van der Waals surface area (Å²) >= 11 is 12.9. The Morgan fingerprint density at radius 1 is 1.50 bits per heavy atom. The number of amides is 1. The molecule has 0 unspecified atom stereocenters. The number of aromatic amines is 1. The van der Waals surface area contributed by atoms with Crippen LogP contribution in [0.25, 0.3) is 0 Å². The highest BCUT2D eigenvalue weighted by Crippen LogP contribution is 2.29. The van der Waals surface area contributed by atoms with E-state index in [0.717, 1.165) is 11.8 Å². The molecule has 1 amide bonds. The summed E-state index contributed by atoms with van der Waals surface area (Å²) in [5, 5.41) is 5.93. The Kier molecular flexibility index (Phi) is 4.74. The average molecular weight is 335 g/mol. The van der Waals surface area contributed by atoms with Gasteiger partial charge in [0, 0.05) is 0 Å². The molecule has 1 aromatic heterocycles. The van der Waals surface area contributed by atoms with Gasteiger partial charge in [0.15, 0.2) is 7.05 Å². The zero-order valence-electron chi connectivity index (χ0n) is 10.3. The van der Waals surface area contributed by atoms with Gasteiger partial charge in [-0.15, -0.1) is 0 Å². The van der Waals surface area contributed by atoms with Gasteiger partial charge < -0.3 is 5.32 Å². The van der Waals surface area contributed by atoms with Crippen molar-refractivity contribution < 1.29 is 14.0 Å². The van der Waals surface area contributed by atoms with Crippen molar-refractivity contribution in [2.24, 2.45) is 7.05 Å². The third-order valence-corrected chi connectivity index (χ3v) is 4.26. The van der Waals surface area contributed by atoms with E-state index < -0.39 is 5.63 Å². The van der Waals surface area contributed by atoms with E-state index >= 15 is 0 Å². The fourth-order valence-electron chi connectivity index (χ4n) is 1.41. The number of carbonyl (C=O) groups excluding carboxylic acids is 1. The van der Waals surface area contributed by atoms with Crippen molar-refractivity contribution in [1.82, 2.24) is 5.27 Å². The molecule has 2 aromatic rings. The fourth-order valence-corrected chi connectivity index (χ4v) is 2.49. The lowest BCUT2D eigenvalue weighted by atomic mass is 10.3. The third-order valence-electron chi connectivity index (χ3n) is 2.32. The number of thioether (sulfide) groups is 1. The molecule has 0 fully saturated rings. The van der Waals surface area contributed by atoms with Crippen LogP contribution in [0.2, 0.25) is 10.0 Å². The van der Waals surface area contributed by atoms with Crippen LogP contribution in [0, 0.1) is 0 Å². The van der Waals surface area contributed by atoms with Gasteiger partial charge in [-0.1, -0.05) is 34.0 Å². The van der Waals surface area contributed by atoms with Crippen molar-refractivity contribution in [3.05, 3.63) is 38.7 Å². The molecule has 1 aromatic carbocycles. The number of anilines is 1. The average Bonchev–Trinajstić information content (AvgIpc) is 2.72. The fraction of sp³-hybridized carbons (Fsp3) is 0.182. The first-order chi connectivity index (χ1) is 9.49. The lowest BCUT2D eigenvalue weighted by Crippen LogP contribution is -2.34. The highest BCUT2D eigenvalue weighted by atomic mass is 35.5. The largest absolute Gasteiger partial charge is 0.441 e. The molecular formula is C11H10Cl2N3O3S+. The summed E-state index contributed by atoms with van der Waals surface area (Å²) in [6, 6.07) is 4.94. The monoisotopic (exact) mass is 334 g/mol. The van der Waals surface area contributed by atoms with E-state index in [0.29, 0.717) is 15.7 Å². The smallest absolute Gasteiger partial charge is 0.324 e. The van der Waals surface area contributed by atoms with Gasteiger partial charge in [-0.05, 0) is 29.2 Å². The van der Waals surface area contributed by atoms with Crippen molar-refractivity contribution in [3.8, 4) is 0 Å². The van der Waals surface area contributed by atoms with Crippen molar-refractivity contribution in [3.63, 3.8) is 0 Å². The standard InChI is InChI=1S/C11H9Cl2N3O3S/c1-16-10(11(18)19-15-16)20-5-8(17)14-7-4-2-3-6(12)9(7)13/h2-4H,5H2,1H3,(H-,14,15,17,18)/p+1. The van der Waals surface area contributed by atoms with Crippen LogP contribution in [0.3, 0.4) is 0 Å². The molecule has 0 aliphatic heterocycles. The minimum Gasteiger partial charge on any atom is -0.324 e. The lowest BCUT2D eigenvalue weighted by molar-refractivity contribution is -0.772. The van der Waals surface area contributed by atoms with E-state index in [9.17, 15) is 9.59 Å². The van der Waals surface area contributed by atoms with Crippen molar-refractivity contribution in [1.29, 1.82) is 0 Å². The summed E-state index contributed by atoms with van der Waals surface area (Å²) in [6.07, 6.45) is 0. The Bertz CT molecular complexity index is 698. The van der Waals surface area contributed by atoms with E-state index in [1.807, 2.05) is 0 Å². The molecule has 106 valence electrons. The summed E-state index contributed by atoms with van der Waals surface area (Å²) in [5.41, 5.74) is -0.0960. The molecule has 2 N–H and O–H groups in total. The second-order valence-corrected chi connectivity index (χ2v) is 5.53. The van der Waals surface area contributed by atoms with E-state index in [1.54, 1.807) is 25.2 Å². The topological polar surface area (TPSA) is 79.0 Å². The summed E-state index contributed by atoms with van der Waals surface area (Å²) in [5.74, 6) is -0.265. The third kappa shape index (κ3) is 3.36. The normalized spacial score (nSPS) is 10.6. The van der Waals surface area contributed by atoms with Crippen LogP contribution in [-0.2, 0) is 11.8 Å². The molecule has 0 aliphatic carbocycles. The van der Waals surface area contributed by atoms with Crippen molar-refractivity contribution >= 4 is 46.6 Å². The van der Waals surface area contributed by atoms with E-state index in [2.05, 4.69) is 15.1 Å². The minimum absolute atomic E-state index is 0.0410. The van der Waals surface area contributed by atoms with Gasteiger partial charge in [-0.2, -0.15) is 0 Å². The van der Waals surface area contributed by atoms with E-state index in [4.69, 9.17) is 23.2 Å². The number of nitrogens with one attached hydrogen (secondary N) is 2. The molecule has 0 spiro atoms. The maximum atomic E-state index is 11.8. The maximum absolute atomic E-state index is 11.8. The summed E-state index contributed by atoms with van der Waals surface area (Å²) < 4.78 is 5.97. The highest BCUT2D eigenvalue weighted by Gasteiger charge is 2.19. The van der Waals surface area contributed by atoms with Crippen molar-refractivity contribution in [2.45, 2.75) is 5.03 Å². The van der Waals surface area contributed by atoms with Crippen LogP contribution in [-0.4, -0.2) is 16.9 Å². The zero-order valence-corrected chi connectivity index (χ0v) is 12.6. The van der Waals surface area contributed by atoms with Crippen LogP contribution in [0.15, 0.2) is 32.5 Å². The van der Waals surface area contributed by atoms with Gasteiger partial charge in [0.1, 0.15) is 0 Å². The van der Waals surface area contributed by atoms with Crippen LogP contribution >= 0.6 is 35.0 Å². The van der Waals surface area contributed by atoms with Gasteiger partial charge in [0.05, 0.1) is 21.5 Å². The number of halogens is 2. The molecule has 0 radical (unpaired) electrons. The van der Waals surface area contributed by atoms with Crippen molar-refractivity contribution in [2.75, 3.05) is 11.1 Å². The molecule has 9 heteroatoms. The summed E-state index contributed by atoms with van der Waals surface area (Å²) in [7, 11) is 1.61. The first-order valence-electron chi connectivity index (χ1n) is 5.43. The number of hydrogen-bond acceptors (Lipinski definition) is 4. The number of rotatable bonds is 4. The number of H-pyrrole nitrogens is 1. The Morgan fingerprint density at radius 3 is 2.90 bits per heavy atom. The van der Waals surface area contributed by atoms with Crippen LogP contribution in [0.1, 0.15) is 0 Å². The number of benzene rings is 1. The quantitative estimate of drug-likeness (QED) is 0.660. The molecule has 0 saturated carbocycles. The van der Waals surface area contributed by atoms with Gasteiger partial charge in [-0.25, -0.2) is 4.79 Å². The van der Waals surface area contributed by atoms with Crippen LogP contribution in [0.5, 0.6) is 0 Å². The van der Waals surface area contributed by atoms with Gasteiger partial charge in [0.2, 0.25) is 5.91 Å². The second-order valence-electron chi connectivity index (χ2n) is 3.78. The number of carbonyl (C=O) groups is 1. The first kappa shape index (κ1) is 15.0. The van der Waals surface area contributed by atoms with E-state index in [-0.39, 0.29) is 16.7 Å². The van der Waals surface area contributed by atoms with Crippen LogP contribution in [0.4, 0.5) is 5.69 Å². The minimum atomic E-state index is -0.522. The Morgan fingerprint density at radius 2 is 2.25 bits per heavy atom. The number of hydrogen-bond donors (Lipinski definition) is 2. The molecule has 2 rings (SSSR count).